The highest BCUT2D eigenvalue weighted by Crippen LogP contribution is 2.38. The summed E-state index contributed by atoms with van der Waals surface area (Å²) < 4.78 is 11.5. The average molecular weight is 249 g/mol. The van der Waals surface area contributed by atoms with E-state index < -0.39 is 0 Å². The van der Waals surface area contributed by atoms with Crippen molar-refractivity contribution in [2.75, 3.05) is 13.2 Å². The van der Waals surface area contributed by atoms with Gasteiger partial charge in [-0.25, -0.2) is 0 Å². The summed E-state index contributed by atoms with van der Waals surface area (Å²) in [6, 6.07) is 4.14. The van der Waals surface area contributed by atoms with Crippen LogP contribution in [0.15, 0.2) is 12.1 Å². The van der Waals surface area contributed by atoms with Crippen LogP contribution in [0.5, 0.6) is 11.5 Å². The van der Waals surface area contributed by atoms with Crippen LogP contribution in [0.4, 0.5) is 0 Å². The van der Waals surface area contributed by atoms with Gasteiger partial charge in [-0.05, 0) is 43.0 Å². The monoisotopic (exact) mass is 249 g/mol. The van der Waals surface area contributed by atoms with Crippen molar-refractivity contribution in [3.05, 3.63) is 23.3 Å². The highest BCUT2D eigenvalue weighted by atomic mass is 16.5. The van der Waals surface area contributed by atoms with Gasteiger partial charge in [0.25, 0.3) is 0 Å². The Morgan fingerprint density at radius 2 is 1.67 bits per heavy atom. The maximum atomic E-state index is 6.27. The van der Waals surface area contributed by atoms with Crippen molar-refractivity contribution in [2.24, 2.45) is 5.73 Å². The van der Waals surface area contributed by atoms with Crippen LogP contribution in [0.2, 0.25) is 0 Å². The fraction of sp³-hybridized carbons (Fsp3) is 0.600. The van der Waals surface area contributed by atoms with Crippen molar-refractivity contribution in [1.29, 1.82) is 0 Å². The van der Waals surface area contributed by atoms with E-state index in [0.717, 1.165) is 30.1 Å². The van der Waals surface area contributed by atoms with E-state index in [0.29, 0.717) is 12.5 Å². The van der Waals surface area contributed by atoms with Gasteiger partial charge in [0.2, 0.25) is 0 Å². The molecule has 2 N–H and O–H groups in total. The topological polar surface area (TPSA) is 44.5 Å². The number of benzene rings is 1. The minimum Gasteiger partial charge on any atom is -0.490 e. The SMILES string of the molecule is CC(C)c1cc2c(cc1C(C)(C)N)OCCCO2. The summed E-state index contributed by atoms with van der Waals surface area (Å²) >= 11 is 0. The Morgan fingerprint density at radius 3 is 2.17 bits per heavy atom. The predicted octanol–water partition coefficient (Wildman–Crippen LogP) is 3.17. The van der Waals surface area contributed by atoms with Crippen molar-refractivity contribution in [3.63, 3.8) is 0 Å². The van der Waals surface area contributed by atoms with Gasteiger partial charge in [0.15, 0.2) is 11.5 Å². The second kappa shape index (κ2) is 4.81. The minimum absolute atomic E-state index is 0.371. The Morgan fingerprint density at radius 1 is 1.11 bits per heavy atom. The van der Waals surface area contributed by atoms with Crippen molar-refractivity contribution in [2.45, 2.75) is 45.6 Å². The van der Waals surface area contributed by atoms with E-state index in [1.165, 1.54) is 5.56 Å². The molecule has 0 unspecified atom stereocenters. The van der Waals surface area contributed by atoms with Crippen LogP contribution in [-0.4, -0.2) is 13.2 Å². The zero-order valence-electron chi connectivity index (χ0n) is 11.7. The number of nitrogens with two attached hydrogens (primary N) is 1. The first-order valence-electron chi connectivity index (χ1n) is 6.62. The van der Waals surface area contributed by atoms with E-state index in [1.54, 1.807) is 0 Å². The Labute approximate surface area is 109 Å². The van der Waals surface area contributed by atoms with Gasteiger partial charge in [0, 0.05) is 12.0 Å². The zero-order valence-corrected chi connectivity index (χ0v) is 11.7. The number of hydrogen-bond acceptors (Lipinski definition) is 3. The van der Waals surface area contributed by atoms with Gasteiger partial charge >= 0.3 is 0 Å². The highest BCUT2D eigenvalue weighted by Gasteiger charge is 2.24. The third-order valence-electron chi connectivity index (χ3n) is 3.24. The lowest BCUT2D eigenvalue weighted by molar-refractivity contribution is 0.296. The van der Waals surface area contributed by atoms with Crippen molar-refractivity contribution < 1.29 is 9.47 Å². The largest absolute Gasteiger partial charge is 0.490 e. The molecule has 0 aromatic heterocycles. The molecule has 1 aromatic rings. The number of rotatable bonds is 2. The third-order valence-corrected chi connectivity index (χ3v) is 3.24. The molecule has 0 fully saturated rings. The lowest BCUT2D eigenvalue weighted by Crippen LogP contribution is -2.30. The van der Waals surface area contributed by atoms with E-state index in [9.17, 15) is 0 Å². The van der Waals surface area contributed by atoms with Crippen LogP contribution >= 0.6 is 0 Å². The average Bonchev–Trinajstić information content (AvgIpc) is 2.50. The van der Waals surface area contributed by atoms with Gasteiger partial charge in [0.05, 0.1) is 13.2 Å². The maximum Gasteiger partial charge on any atom is 0.161 e. The Hall–Kier alpha value is -1.22. The second-order valence-electron chi connectivity index (χ2n) is 5.81. The van der Waals surface area contributed by atoms with Crippen LogP contribution in [0.25, 0.3) is 0 Å². The summed E-state index contributed by atoms with van der Waals surface area (Å²) in [5.41, 5.74) is 8.28. The third kappa shape index (κ3) is 2.61. The van der Waals surface area contributed by atoms with E-state index >= 15 is 0 Å². The fourth-order valence-electron chi connectivity index (χ4n) is 2.26. The molecule has 0 radical (unpaired) electrons. The Kier molecular flexibility index (Phi) is 3.53. The first-order chi connectivity index (χ1) is 8.39. The highest BCUT2D eigenvalue weighted by molar-refractivity contribution is 5.50. The molecule has 0 atom stereocenters. The molecule has 1 aromatic carbocycles. The molecule has 1 heterocycles. The zero-order chi connectivity index (χ0) is 13.3. The minimum atomic E-state index is -0.371. The maximum absolute atomic E-state index is 6.27. The van der Waals surface area contributed by atoms with E-state index in [-0.39, 0.29) is 5.54 Å². The quantitative estimate of drug-likeness (QED) is 0.875. The number of hydrogen-bond donors (Lipinski definition) is 1. The smallest absolute Gasteiger partial charge is 0.161 e. The second-order valence-corrected chi connectivity index (χ2v) is 5.81. The summed E-state index contributed by atoms with van der Waals surface area (Å²) in [7, 11) is 0. The molecule has 0 saturated carbocycles. The molecule has 1 aliphatic rings. The summed E-state index contributed by atoms with van der Waals surface area (Å²) in [6.07, 6.45) is 0.924. The van der Waals surface area contributed by atoms with Crippen molar-refractivity contribution in [3.8, 4) is 11.5 Å². The van der Waals surface area contributed by atoms with E-state index in [4.69, 9.17) is 15.2 Å². The first kappa shape index (κ1) is 13.2. The van der Waals surface area contributed by atoms with Crippen LogP contribution in [0.1, 0.15) is 51.2 Å². The summed E-state index contributed by atoms with van der Waals surface area (Å²) in [5, 5.41) is 0. The number of ether oxygens (including phenoxy) is 2. The molecule has 0 spiro atoms. The van der Waals surface area contributed by atoms with Crippen LogP contribution < -0.4 is 15.2 Å². The summed E-state index contributed by atoms with van der Waals surface area (Å²) in [6.45, 7) is 9.83. The van der Waals surface area contributed by atoms with Gasteiger partial charge in [0.1, 0.15) is 0 Å². The van der Waals surface area contributed by atoms with Gasteiger partial charge in [-0.3, -0.25) is 0 Å². The predicted molar refractivity (Wildman–Crippen MR) is 73.4 cm³/mol. The molecule has 1 aliphatic heterocycles. The van der Waals surface area contributed by atoms with Gasteiger partial charge in [-0.15, -0.1) is 0 Å². The molecule has 0 aliphatic carbocycles. The van der Waals surface area contributed by atoms with Crippen LogP contribution in [0, 0.1) is 0 Å². The standard InChI is InChI=1S/C15H23NO2/c1-10(2)11-8-13-14(18-7-5-6-17-13)9-12(11)15(3,4)16/h8-10H,5-7,16H2,1-4H3. The van der Waals surface area contributed by atoms with Gasteiger partial charge in [-0.2, -0.15) is 0 Å². The first-order valence-corrected chi connectivity index (χ1v) is 6.62. The normalized spacial score (nSPS) is 15.7. The Bertz CT molecular complexity index is 433. The molecule has 0 amide bonds. The van der Waals surface area contributed by atoms with Crippen LogP contribution in [-0.2, 0) is 5.54 Å². The molecule has 100 valence electrons. The molecule has 18 heavy (non-hydrogen) atoms. The van der Waals surface area contributed by atoms with Crippen molar-refractivity contribution in [1.82, 2.24) is 0 Å². The molecule has 2 rings (SSSR count). The molecule has 3 heteroatoms. The lowest BCUT2D eigenvalue weighted by atomic mass is 9.86. The number of fused-ring (bicyclic) bond motifs is 1. The molecule has 0 bridgehead atoms. The Balaban J connectivity index is 2.55. The summed E-state index contributed by atoms with van der Waals surface area (Å²) in [4.78, 5) is 0. The van der Waals surface area contributed by atoms with E-state index in [1.807, 2.05) is 13.8 Å². The van der Waals surface area contributed by atoms with Gasteiger partial charge in [-0.1, -0.05) is 13.8 Å². The van der Waals surface area contributed by atoms with E-state index in [2.05, 4.69) is 26.0 Å². The molecular formula is C15H23NO2. The summed E-state index contributed by atoms with van der Waals surface area (Å²) in [5.74, 6) is 2.09. The molecule has 3 nitrogen and oxygen atoms in total. The van der Waals surface area contributed by atoms with Gasteiger partial charge < -0.3 is 15.2 Å². The molecular weight excluding hydrogens is 226 g/mol. The molecule has 0 saturated heterocycles. The van der Waals surface area contributed by atoms with Crippen molar-refractivity contribution >= 4 is 0 Å². The fourth-order valence-corrected chi connectivity index (χ4v) is 2.26. The lowest BCUT2D eigenvalue weighted by Gasteiger charge is -2.26. The van der Waals surface area contributed by atoms with Crippen LogP contribution in [0.3, 0.4) is 0 Å².